The summed E-state index contributed by atoms with van der Waals surface area (Å²) in [5.74, 6) is 7.21. The lowest BCUT2D eigenvalue weighted by Gasteiger charge is -2.14. The van der Waals surface area contributed by atoms with E-state index < -0.39 is 0 Å². The number of carbonyl (C=O) groups excluding carboxylic acids is 1. The quantitative estimate of drug-likeness (QED) is 0.556. The second-order valence-corrected chi connectivity index (χ2v) is 7.32. The molecule has 0 spiro atoms. The van der Waals surface area contributed by atoms with Crippen LogP contribution in [0.4, 0.5) is 0 Å². The number of hydrogen-bond acceptors (Lipinski definition) is 7. The molecule has 140 valence electrons. The molecule has 8 nitrogen and oxygen atoms in total. The fourth-order valence-corrected chi connectivity index (χ4v) is 3.54. The minimum Gasteiger partial charge on any atom is -0.496 e. The van der Waals surface area contributed by atoms with Crippen molar-refractivity contribution in [1.82, 2.24) is 20.2 Å². The van der Waals surface area contributed by atoms with Crippen molar-refractivity contribution < 1.29 is 14.3 Å². The number of methoxy groups -OCH3 is 1. The first-order valence-corrected chi connectivity index (χ1v) is 9.38. The molecular formula is C17H23N5O3S. The number of thioether (sulfide) groups is 1. The largest absolute Gasteiger partial charge is 0.496 e. The Labute approximate surface area is 156 Å². The van der Waals surface area contributed by atoms with E-state index >= 15 is 0 Å². The van der Waals surface area contributed by atoms with Crippen LogP contribution in [0.5, 0.6) is 5.75 Å². The van der Waals surface area contributed by atoms with Gasteiger partial charge in [-0.25, -0.2) is 4.68 Å². The lowest BCUT2D eigenvalue weighted by atomic mass is 10.2. The normalized spacial score (nSPS) is 17.8. The molecule has 0 bridgehead atoms. The zero-order chi connectivity index (χ0) is 18.5. The first kappa shape index (κ1) is 18.5. The molecule has 1 aliphatic heterocycles. The number of para-hydroxylation sites is 1. The van der Waals surface area contributed by atoms with Gasteiger partial charge in [-0.1, -0.05) is 23.9 Å². The van der Waals surface area contributed by atoms with Crippen LogP contribution in [0.2, 0.25) is 0 Å². The van der Waals surface area contributed by atoms with Gasteiger partial charge in [0.25, 0.3) is 0 Å². The molecule has 9 heteroatoms. The average Bonchev–Trinajstić information content (AvgIpc) is 3.30. The van der Waals surface area contributed by atoms with Crippen LogP contribution in [0.3, 0.4) is 0 Å². The number of benzene rings is 1. The number of nitrogens with two attached hydrogens (primary N) is 1. The van der Waals surface area contributed by atoms with Crippen LogP contribution in [0.1, 0.15) is 19.8 Å². The van der Waals surface area contributed by atoms with E-state index in [1.165, 1.54) is 16.4 Å². The maximum Gasteiger partial charge on any atom is 0.233 e. The van der Waals surface area contributed by atoms with Gasteiger partial charge in [-0.3, -0.25) is 4.79 Å². The molecule has 1 aromatic carbocycles. The zero-order valence-corrected chi connectivity index (χ0v) is 15.7. The third kappa shape index (κ3) is 4.10. The topological polar surface area (TPSA) is 104 Å². The summed E-state index contributed by atoms with van der Waals surface area (Å²) in [6.45, 7) is 3.12. The Bertz CT molecular complexity index is 761. The standard InChI is InChI=1S/C17H23N5O3S/c1-11(16(23)19-10-12-6-5-9-25-12)26-17-21-20-15(22(17)18)13-7-3-4-8-14(13)24-2/h3-4,7-8,11-12H,5-6,9-10,18H2,1-2H3,(H,19,23)/t11-,12+/m1/s1. The Morgan fingerprint density at radius 2 is 2.31 bits per heavy atom. The predicted octanol–water partition coefficient (Wildman–Crippen LogP) is 1.44. The van der Waals surface area contributed by atoms with Gasteiger partial charge >= 0.3 is 0 Å². The Kier molecular flexibility index (Phi) is 6.00. The second-order valence-electron chi connectivity index (χ2n) is 6.02. The van der Waals surface area contributed by atoms with Gasteiger partial charge in [0.15, 0.2) is 5.82 Å². The zero-order valence-electron chi connectivity index (χ0n) is 14.8. The number of rotatable bonds is 7. The maximum absolute atomic E-state index is 12.3. The summed E-state index contributed by atoms with van der Waals surface area (Å²) in [7, 11) is 1.59. The van der Waals surface area contributed by atoms with Gasteiger partial charge in [0.05, 0.1) is 24.0 Å². The molecular weight excluding hydrogens is 354 g/mol. The summed E-state index contributed by atoms with van der Waals surface area (Å²) in [5.41, 5.74) is 0.743. The molecule has 1 aromatic heterocycles. The first-order valence-electron chi connectivity index (χ1n) is 8.50. The molecule has 2 aromatic rings. The van der Waals surface area contributed by atoms with Crippen molar-refractivity contribution in [2.75, 3.05) is 26.1 Å². The minimum atomic E-state index is -0.353. The van der Waals surface area contributed by atoms with Gasteiger partial charge in [-0.2, -0.15) is 0 Å². The highest BCUT2D eigenvalue weighted by molar-refractivity contribution is 8.00. The number of nitrogens with zero attached hydrogens (tertiary/aromatic N) is 3. The van der Waals surface area contributed by atoms with Crippen LogP contribution in [0.15, 0.2) is 29.4 Å². The third-order valence-electron chi connectivity index (χ3n) is 4.19. The first-order chi connectivity index (χ1) is 12.6. The Hall–Kier alpha value is -2.26. The predicted molar refractivity (Wildman–Crippen MR) is 99.5 cm³/mol. The number of nitrogens with one attached hydrogen (secondary N) is 1. The van der Waals surface area contributed by atoms with Crippen molar-refractivity contribution >= 4 is 17.7 Å². The molecule has 1 aliphatic rings. The third-order valence-corrected chi connectivity index (χ3v) is 5.25. The molecule has 0 radical (unpaired) electrons. The monoisotopic (exact) mass is 377 g/mol. The van der Waals surface area contributed by atoms with Gasteiger partial charge in [-0.15, -0.1) is 10.2 Å². The lowest BCUT2D eigenvalue weighted by molar-refractivity contribution is -0.120. The Balaban J connectivity index is 1.64. The number of carbonyl (C=O) groups is 1. The molecule has 3 N–H and O–H groups in total. The number of hydrogen-bond donors (Lipinski definition) is 2. The van der Waals surface area contributed by atoms with Crippen molar-refractivity contribution in [3.05, 3.63) is 24.3 Å². The highest BCUT2D eigenvalue weighted by atomic mass is 32.2. The Morgan fingerprint density at radius 1 is 1.50 bits per heavy atom. The van der Waals surface area contributed by atoms with Gasteiger partial charge in [0, 0.05) is 13.2 Å². The summed E-state index contributed by atoms with van der Waals surface area (Å²) < 4.78 is 12.2. The number of nitrogen functional groups attached to an aromatic ring is 1. The Morgan fingerprint density at radius 3 is 3.04 bits per heavy atom. The van der Waals surface area contributed by atoms with Crippen LogP contribution < -0.4 is 15.9 Å². The fraction of sp³-hybridized carbons (Fsp3) is 0.471. The molecule has 0 aliphatic carbocycles. The van der Waals surface area contributed by atoms with E-state index in [0.717, 1.165) is 25.0 Å². The van der Waals surface area contributed by atoms with Crippen molar-refractivity contribution in [1.29, 1.82) is 0 Å². The molecule has 1 saturated heterocycles. The molecule has 0 saturated carbocycles. The van der Waals surface area contributed by atoms with E-state index in [4.69, 9.17) is 15.3 Å². The maximum atomic E-state index is 12.3. The fourth-order valence-electron chi connectivity index (χ4n) is 2.75. The lowest BCUT2D eigenvalue weighted by Crippen LogP contribution is -2.36. The van der Waals surface area contributed by atoms with Crippen LogP contribution in [0.25, 0.3) is 11.4 Å². The molecule has 3 rings (SSSR count). The molecule has 1 amide bonds. The summed E-state index contributed by atoms with van der Waals surface area (Å²) in [6.07, 6.45) is 2.15. The highest BCUT2D eigenvalue weighted by Crippen LogP contribution is 2.30. The SMILES string of the molecule is COc1ccccc1-c1nnc(S[C@H](C)C(=O)NC[C@@H]2CCCO2)n1N. The van der Waals surface area contributed by atoms with Gasteiger partial charge in [-0.05, 0) is 31.9 Å². The number of ether oxygens (including phenoxy) is 2. The molecule has 1 fully saturated rings. The van der Waals surface area contributed by atoms with Crippen LogP contribution in [0, 0.1) is 0 Å². The van der Waals surface area contributed by atoms with Crippen molar-refractivity contribution in [3.63, 3.8) is 0 Å². The van der Waals surface area contributed by atoms with Gasteiger partial charge in [0.1, 0.15) is 5.75 Å². The highest BCUT2D eigenvalue weighted by Gasteiger charge is 2.22. The van der Waals surface area contributed by atoms with E-state index in [2.05, 4.69) is 15.5 Å². The summed E-state index contributed by atoms with van der Waals surface area (Å²) in [6, 6.07) is 7.44. The smallest absolute Gasteiger partial charge is 0.233 e. The van der Waals surface area contributed by atoms with Gasteiger partial charge < -0.3 is 20.6 Å². The summed E-state index contributed by atoms with van der Waals surface area (Å²) >= 11 is 1.26. The van der Waals surface area contributed by atoms with E-state index in [-0.39, 0.29) is 17.3 Å². The van der Waals surface area contributed by atoms with E-state index in [9.17, 15) is 4.79 Å². The second kappa shape index (κ2) is 8.41. The summed E-state index contributed by atoms with van der Waals surface area (Å²) in [5, 5.41) is 11.3. The van der Waals surface area contributed by atoms with Crippen molar-refractivity contribution in [3.8, 4) is 17.1 Å². The minimum absolute atomic E-state index is 0.0765. The molecule has 2 atom stereocenters. The van der Waals surface area contributed by atoms with Crippen LogP contribution >= 0.6 is 11.8 Å². The number of aromatic nitrogens is 3. The van der Waals surface area contributed by atoms with Crippen molar-refractivity contribution in [2.45, 2.75) is 36.3 Å². The van der Waals surface area contributed by atoms with Crippen LogP contribution in [-0.2, 0) is 9.53 Å². The summed E-state index contributed by atoms with van der Waals surface area (Å²) in [4.78, 5) is 12.3. The van der Waals surface area contributed by atoms with Crippen LogP contribution in [-0.4, -0.2) is 52.4 Å². The van der Waals surface area contributed by atoms with E-state index in [1.807, 2.05) is 31.2 Å². The average molecular weight is 377 g/mol. The van der Waals surface area contributed by atoms with E-state index in [1.54, 1.807) is 7.11 Å². The van der Waals surface area contributed by atoms with E-state index in [0.29, 0.717) is 23.3 Å². The molecule has 2 heterocycles. The van der Waals surface area contributed by atoms with Gasteiger partial charge in [0.2, 0.25) is 11.1 Å². The van der Waals surface area contributed by atoms with Crippen molar-refractivity contribution in [2.24, 2.45) is 0 Å². The number of amides is 1. The molecule has 26 heavy (non-hydrogen) atoms. The molecule has 0 unspecified atom stereocenters.